The van der Waals surface area contributed by atoms with Crippen molar-refractivity contribution in [2.45, 2.75) is 51.0 Å². The summed E-state index contributed by atoms with van der Waals surface area (Å²) in [5.41, 5.74) is 3.55. The lowest BCUT2D eigenvalue weighted by atomic mass is 9.89. The monoisotopic (exact) mass is 273 g/mol. The van der Waals surface area contributed by atoms with Gasteiger partial charge in [0, 0.05) is 18.2 Å². The first kappa shape index (κ1) is 13.6. The molecule has 1 aromatic carbocycles. The van der Waals surface area contributed by atoms with Gasteiger partial charge in [-0.25, -0.2) is 0 Å². The molecule has 0 spiro atoms. The van der Waals surface area contributed by atoms with E-state index in [9.17, 15) is 9.90 Å². The van der Waals surface area contributed by atoms with Crippen LogP contribution < -0.4 is 0 Å². The Kier molecular flexibility index (Phi) is 4.06. The molecular weight excluding hydrogens is 250 g/mol. The number of carbonyl (C=O) groups is 1. The maximum absolute atomic E-state index is 12.7. The number of benzene rings is 1. The smallest absolute Gasteiger partial charge is 0.254 e. The number of nitrogens with zero attached hydrogens (tertiary/aromatic N) is 1. The highest BCUT2D eigenvalue weighted by atomic mass is 16.3. The molecule has 1 amide bonds. The Morgan fingerprint density at radius 2 is 1.90 bits per heavy atom. The number of hydrogen-bond donors (Lipinski definition) is 1. The third-order valence-electron chi connectivity index (χ3n) is 4.71. The van der Waals surface area contributed by atoms with E-state index in [4.69, 9.17) is 0 Å². The van der Waals surface area contributed by atoms with Crippen LogP contribution in [-0.2, 0) is 12.8 Å². The molecule has 20 heavy (non-hydrogen) atoms. The van der Waals surface area contributed by atoms with Crippen LogP contribution in [0.25, 0.3) is 0 Å². The van der Waals surface area contributed by atoms with Crippen LogP contribution in [0.2, 0.25) is 0 Å². The molecule has 2 aliphatic carbocycles. The lowest BCUT2D eigenvalue weighted by Gasteiger charge is -2.37. The highest BCUT2D eigenvalue weighted by molar-refractivity contribution is 5.94. The molecule has 0 radical (unpaired) electrons. The fourth-order valence-electron chi connectivity index (χ4n) is 3.29. The fourth-order valence-corrected chi connectivity index (χ4v) is 3.29. The van der Waals surface area contributed by atoms with Crippen LogP contribution in [0.3, 0.4) is 0 Å². The zero-order valence-electron chi connectivity index (χ0n) is 12.0. The van der Waals surface area contributed by atoms with Crippen molar-refractivity contribution in [3.05, 3.63) is 34.9 Å². The lowest BCUT2D eigenvalue weighted by Crippen LogP contribution is -2.45. The SMILES string of the molecule is O=C(c1ccc2c(c1)CCCC2)N(CCO)C1CCC1. The van der Waals surface area contributed by atoms with Crippen LogP contribution in [0, 0.1) is 0 Å². The van der Waals surface area contributed by atoms with Gasteiger partial charge in [-0.3, -0.25) is 4.79 Å². The largest absolute Gasteiger partial charge is 0.395 e. The molecule has 0 aromatic heterocycles. The fraction of sp³-hybridized carbons (Fsp3) is 0.588. The van der Waals surface area contributed by atoms with Crippen molar-refractivity contribution in [3.63, 3.8) is 0 Å². The minimum absolute atomic E-state index is 0.0488. The molecule has 0 saturated heterocycles. The summed E-state index contributed by atoms with van der Waals surface area (Å²) in [6, 6.07) is 6.51. The second-order valence-corrected chi connectivity index (χ2v) is 6.00. The van der Waals surface area contributed by atoms with Crippen molar-refractivity contribution in [1.82, 2.24) is 4.90 Å². The third kappa shape index (κ3) is 2.59. The summed E-state index contributed by atoms with van der Waals surface area (Å²) in [6.45, 7) is 0.508. The number of fused-ring (bicyclic) bond motifs is 1. The first-order valence-electron chi connectivity index (χ1n) is 7.83. The predicted octanol–water partition coefficient (Wildman–Crippen LogP) is 2.55. The zero-order chi connectivity index (χ0) is 13.9. The van der Waals surface area contributed by atoms with Crippen LogP contribution in [0.5, 0.6) is 0 Å². The standard InChI is InChI=1S/C17H23NO2/c19-11-10-18(16-6-3-7-16)17(20)15-9-8-13-4-1-2-5-14(13)12-15/h8-9,12,16,19H,1-7,10-11H2. The average Bonchev–Trinajstić information content (AvgIpc) is 2.43. The number of amides is 1. The van der Waals surface area contributed by atoms with E-state index in [1.165, 1.54) is 30.4 Å². The van der Waals surface area contributed by atoms with Crippen LogP contribution in [-0.4, -0.2) is 35.1 Å². The third-order valence-corrected chi connectivity index (χ3v) is 4.71. The molecular formula is C17H23NO2. The summed E-state index contributed by atoms with van der Waals surface area (Å²) < 4.78 is 0. The van der Waals surface area contributed by atoms with Gasteiger partial charge in [-0.05, 0) is 68.2 Å². The molecule has 0 bridgehead atoms. The molecule has 1 fully saturated rings. The van der Waals surface area contributed by atoms with Gasteiger partial charge in [0.25, 0.3) is 5.91 Å². The number of aliphatic hydroxyl groups excluding tert-OH is 1. The predicted molar refractivity (Wildman–Crippen MR) is 78.8 cm³/mol. The molecule has 0 heterocycles. The highest BCUT2D eigenvalue weighted by Gasteiger charge is 2.29. The van der Waals surface area contributed by atoms with Gasteiger partial charge in [-0.1, -0.05) is 6.07 Å². The number of aliphatic hydroxyl groups is 1. The Morgan fingerprint density at radius 3 is 2.55 bits per heavy atom. The van der Waals surface area contributed by atoms with E-state index < -0.39 is 0 Å². The Bertz CT molecular complexity index is 494. The van der Waals surface area contributed by atoms with Gasteiger partial charge in [-0.15, -0.1) is 0 Å². The van der Waals surface area contributed by atoms with Crippen LogP contribution >= 0.6 is 0 Å². The summed E-state index contributed by atoms with van der Waals surface area (Å²) in [5, 5.41) is 9.20. The Hall–Kier alpha value is -1.35. The highest BCUT2D eigenvalue weighted by Crippen LogP contribution is 2.27. The first-order chi connectivity index (χ1) is 9.79. The van der Waals surface area contributed by atoms with Crippen molar-refractivity contribution < 1.29 is 9.90 Å². The van der Waals surface area contributed by atoms with E-state index in [1.54, 1.807) is 0 Å². The summed E-state index contributed by atoms with van der Waals surface area (Å²) in [7, 11) is 0. The van der Waals surface area contributed by atoms with Gasteiger partial charge in [0.15, 0.2) is 0 Å². The Labute approximate surface area is 120 Å². The molecule has 3 nitrogen and oxygen atoms in total. The first-order valence-corrected chi connectivity index (χ1v) is 7.83. The molecule has 0 atom stereocenters. The molecule has 1 saturated carbocycles. The van der Waals surface area contributed by atoms with Crippen molar-refractivity contribution in [2.75, 3.05) is 13.2 Å². The zero-order valence-corrected chi connectivity index (χ0v) is 12.0. The molecule has 0 aliphatic heterocycles. The van der Waals surface area contributed by atoms with Crippen LogP contribution in [0.4, 0.5) is 0 Å². The average molecular weight is 273 g/mol. The normalized spacial score (nSPS) is 18.2. The van der Waals surface area contributed by atoms with E-state index >= 15 is 0 Å². The summed E-state index contributed by atoms with van der Waals surface area (Å²) in [4.78, 5) is 14.5. The van der Waals surface area contributed by atoms with Crippen LogP contribution in [0.1, 0.15) is 53.6 Å². The van der Waals surface area contributed by atoms with Crippen molar-refractivity contribution in [2.24, 2.45) is 0 Å². The van der Waals surface area contributed by atoms with E-state index in [1.807, 2.05) is 11.0 Å². The van der Waals surface area contributed by atoms with Crippen molar-refractivity contribution in [1.29, 1.82) is 0 Å². The van der Waals surface area contributed by atoms with E-state index in [2.05, 4.69) is 12.1 Å². The second-order valence-electron chi connectivity index (χ2n) is 6.00. The van der Waals surface area contributed by atoms with Gasteiger partial charge in [0.05, 0.1) is 6.61 Å². The number of hydrogen-bond acceptors (Lipinski definition) is 2. The van der Waals surface area contributed by atoms with E-state index in [0.717, 1.165) is 31.2 Å². The van der Waals surface area contributed by atoms with Crippen molar-refractivity contribution >= 4 is 5.91 Å². The molecule has 1 aromatic rings. The lowest BCUT2D eigenvalue weighted by molar-refractivity contribution is 0.0525. The quantitative estimate of drug-likeness (QED) is 0.916. The molecule has 1 N–H and O–H groups in total. The second kappa shape index (κ2) is 5.96. The Morgan fingerprint density at radius 1 is 1.15 bits per heavy atom. The van der Waals surface area contributed by atoms with E-state index in [0.29, 0.717) is 12.6 Å². The molecule has 3 rings (SSSR count). The van der Waals surface area contributed by atoms with Gasteiger partial charge >= 0.3 is 0 Å². The topological polar surface area (TPSA) is 40.5 Å². The van der Waals surface area contributed by atoms with Gasteiger partial charge in [0.1, 0.15) is 0 Å². The molecule has 2 aliphatic rings. The van der Waals surface area contributed by atoms with Gasteiger partial charge in [0.2, 0.25) is 0 Å². The Balaban J connectivity index is 1.81. The number of rotatable bonds is 4. The molecule has 0 unspecified atom stereocenters. The molecule has 3 heteroatoms. The number of carbonyl (C=O) groups excluding carboxylic acids is 1. The summed E-state index contributed by atoms with van der Waals surface area (Å²) in [6.07, 6.45) is 8.09. The molecule has 108 valence electrons. The minimum atomic E-state index is 0.0488. The summed E-state index contributed by atoms with van der Waals surface area (Å²) in [5.74, 6) is 0.0946. The maximum Gasteiger partial charge on any atom is 0.254 e. The summed E-state index contributed by atoms with van der Waals surface area (Å²) >= 11 is 0. The van der Waals surface area contributed by atoms with Crippen molar-refractivity contribution in [3.8, 4) is 0 Å². The van der Waals surface area contributed by atoms with Gasteiger partial charge < -0.3 is 10.0 Å². The van der Waals surface area contributed by atoms with Crippen LogP contribution in [0.15, 0.2) is 18.2 Å². The van der Waals surface area contributed by atoms with E-state index in [-0.39, 0.29) is 12.5 Å². The maximum atomic E-state index is 12.7. The van der Waals surface area contributed by atoms with Gasteiger partial charge in [-0.2, -0.15) is 0 Å². The number of aryl methyl sites for hydroxylation is 2. The minimum Gasteiger partial charge on any atom is -0.395 e.